The number of amidine groups is 1. The van der Waals surface area contributed by atoms with Gasteiger partial charge in [0, 0.05) is 10.0 Å². The summed E-state index contributed by atoms with van der Waals surface area (Å²) in [5.41, 5.74) is -0.860. The van der Waals surface area contributed by atoms with Crippen LogP contribution >= 0.6 is 27.7 Å². The van der Waals surface area contributed by atoms with Crippen molar-refractivity contribution in [1.82, 2.24) is 4.90 Å². The van der Waals surface area contributed by atoms with Gasteiger partial charge in [0.05, 0.1) is 17.2 Å². The summed E-state index contributed by atoms with van der Waals surface area (Å²) in [5.74, 6) is 0.368. The van der Waals surface area contributed by atoms with E-state index in [4.69, 9.17) is 5.14 Å². The van der Waals surface area contributed by atoms with Crippen LogP contribution in [-0.2, 0) is 15.7 Å². The van der Waals surface area contributed by atoms with Gasteiger partial charge in [-0.2, -0.15) is 0 Å². The number of hydrogen-bond donors (Lipinski definition) is 2. The standard InChI is InChI=1S/C17H23BrN3O3S2/c1-4-9-20(10-5-2)16-21(6-3)17(22,12-25-16)13-7-8-14(18)15(11-13)26(19,23)24/h4-5,7-8,11,22H,1-2,6,9-10,12H2,3H3,(H2,19,23,24)/q+1. The Morgan fingerprint density at radius 2 is 2.04 bits per heavy atom. The van der Waals surface area contributed by atoms with Crippen molar-refractivity contribution in [3.63, 3.8) is 0 Å². The molecular formula is C17H23BrN3O3S2+. The molecule has 0 radical (unpaired) electrons. The molecule has 1 fully saturated rings. The summed E-state index contributed by atoms with van der Waals surface area (Å²) in [6, 6.07) is 4.72. The van der Waals surface area contributed by atoms with Crippen molar-refractivity contribution in [2.24, 2.45) is 5.14 Å². The van der Waals surface area contributed by atoms with Gasteiger partial charge in [-0.1, -0.05) is 31.4 Å². The van der Waals surface area contributed by atoms with Crippen LogP contribution in [0.3, 0.4) is 0 Å². The fourth-order valence-electron chi connectivity index (χ4n) is 2.89. The lowest BCUT2D eigenvalue weighted by molar-refractivity contribution is -0.510. The molecule has 0 bridgehead atoms. The van der Waals surface area contributed by atoms with Gasteiger partial charge < -0.3 is 5.11 Å². The SMILES string of the molecule is C=CC[N+](CC=C)=C1SCC(O)(c2ccc(Br)c(S(N)(=O)=O)c2)N1CC. The third-order valence-corrected chi connectivity index (χ3v) is 7.25. The molecule has 1 aromatic rings. The molecule has 0 spiro atoms. The van der Waals surface area contributed by atoms with E-state index in [9.17, 15) is 13.5 Å². The highest BCUT2D eigenvalue weighted by Crippen LogP contribution is 2.40. The molecule has 3 N–H and O–H groups in total. The molecule has 1 atom stereocenters. The summed E-state index contributed by atoms with van der Waals surface area (Å²) >= 11 is 4.72. The normalized spacial score (nSPS) is 20.3. The van der Waals surface area contributed by atoms with E-state index in [1.807, 2.05) is 11.8 Å². The summed E-state index contributed by atoms with van der Waals surface area (Å²) < 4.78 is 26.1. The van der Waals surface area contributed by atoms with Crippen LogP contribution in [0.5, 0.6) is 0 Å². The molecule has 0 amide bonds. The highest BCUT2D eigenvalue weighted by Gasteiger charge is 2.51. The lowest BCUT2D eigenvalue weighted by Gasteiger charge is -2.28. The highest BCUT2D eigenvalue weighted by molar-refractivity contribution is 9.10. The molecule has 1 heterocycles. The van der Waals surface area contributed by atoms with Crippen molar-refractivity contribution < 1.29 is 18.1 Å². The van der Waals surface area contributed by atoms with Crippen LogP contribution in [0.1, 0.15) is 12.5 Å². The van der Waals surface area contributed by atoms with Crippen molar-refractivity contribution in [3.8, 4) is 0 Å². The number of aliphatic hydroxyl groups is 1. The van der Waals surface area contributed by atoms with Gasteiger partial charge in [-0.15, -0.1) is 0 Å². The van der Waals surface area contributed by atoms with Crippen LogP contribution in [0.4, 0.5) is 0 Å². The number of halogens is 1. The Balaban J connectivity index is 2.58. The van der Waals surface area contributed by atoms with Crippen LogP contribution in [0.2, 0.25) is 0 Å². The van der Waals surface area contributed by atoms with Crippen molar-refractivity contribution in [2.45, 2.75) is 17.5 Å². The van der Waals surface area contributed by atoms with Crippen molar-refractivity contribution in [1.29, 1.82) is 0 Å². The number of rotatable bonds is 7. The maximum absolute atomic E-state index is 11.8. The van der Waals surface area contributed by atoms with Crippen molar-refractivity contribution in [2.75, 3.05) is 25.4 Å². The molecule has 9 heteroatoms. The molecule has 2 rings (SSSR count). The summed E-state index contributed by atoms with van der Waals surface area (Å²) in [4.78, 5) is 1.81. The van der Waals surface area contributed by atoms with Gasteiger partial charge in [0.25, 0.3) is 0 Å². The molecule has 1 aromatic carbocycles. The Kier molecular flexibility index (Phi) is 6.73. The number of benzene rings is 1. The largest absolute Gasteiger partial charge is 0.349 e. The summed E-state index contributed by atoms with van der Waals surface area (Å²) in [7, 11) is -3.91. The molecule has 1 aliphatic rings. The van der Waals surface area contributed by atoms with E-state index in [-0.39, 0.29) is 4.90 Å². The summed E-state index contributed by atoms with van der Waals surface area (Å²) in [6.45, 7) is 11.3. The van der Waals surface area contributed by atoms with E-state index in [2.05, 4.69) is 33.7 Å². The minimum atomic E-state index is -3.91. The number of thioether (sulfide) groups is 1. The lowest BCUT2D eigenvalue weighted by atomic mass is 10.0. The first-order valence-corrected chi connectivity index (χ1v) is 11.3. The quantitative estimate of drug-likeness (QED) is 0.480. The van der Waals surface area contributed by atoms with Crippen LogP contribution < -0.4 is 5.14 Å². The topological polar surface area (TPSA) is 86.6 Å². The van der Waals surface area contributed by atoms with Gasteiger partial charge in [0.1, 0.15) is 13.1 Å². The summed E-state index contributed by atoms with van der Waals surface area (Å²) in [5, 5.41) is 17.6. The summed E-state index contributed by atoms with van der Waals surface area (Å²) in [6.07, 6.45) is 3.59. The predicted octanol–water partition coefficient (Wildman–Crippen LogP) is 2.05. The highest BCUT2D eigenvalue weighted by atomic mass is 79.9. The van der Waals surface area contributed by atoms with Crippen LogP contribution in [0.25, 0.3) is 0 Å². The molecule has 142 valence electrons. The van der Waals surface area contributed by atoms with Gasteiger partial charge in [0.15, 0.2) is 0 Å². The zero-order valence-corrected chi connectivity index (χ0v) is 17.8. The van der Waals surface area contributed by atoms with Gasteiger partial charge in [-0.3, -0.25) is 0 Å². The maximum atomic E-state index is 11.8. The van der Waals surface area contributed by atoms with Gasteiger partial charge in [-0.25, -0.2) is 23.0 Å². The molecule has 0 aliphatic carbocycles. The van der Waals surface area contributed by atoms with Crippen molar-refractivity contribution >= 4 is 42.9 Å². The van der Waals surface area contributed by atoms with Gasteiger partial charge >= 0.3 is 5.17 Å². The number of nitrogens with zero attached hydrogens (tertiary/aromatic N) is 2. The molecule has 1 saturated heterocycles. The average molecular weight is 461 g/mol. The minimum Gasteiger partial charge on any atom is -0.349 e. The lowest BCUT2D eigenvalue weighted by Crippen LogP contribution is -2.47. The van der Waals surface area contributed by atoms with E-state index >= 15 is 0 Å². The van der Waals surface area contributed by atoms with Gasteiger partial charge in [-0.05, 0) is 46.7 Å². The first kappa shape index (κ1) is 21.2. The number of primary sulfonamides is 1. The van der Waals surface area contributed by atoms with Crippen molar-refractivity contribution in [3.05, 3.63) is 53.5 Å². The molecule has 0 saturated carbocycles. The first-order valence-electron chi connectivity index (χ1n) is 7.98. The Morgan fingerprint density at radius 3 is 2.54 bits per heavy atom. The second kappa shape index (κ2) is 8.26. The fourth-order valence-corrected chi connectivity index (χ4v) is 5.87. The van der Waals surface area contributed by atoms with Crippen LogP contribution in [0, 0.1) is 0 Å². The van der Waals surface area contributed by atoms with E-state index in [1.165, 1.54) is 17.8 Å². The Hall–Kier alpha value is -1.13. The Labute approximate surface area is 167 Å². The molecule has 6 nitrogen and oxygen atoms in total. The first-order chi connectivity index (χ1) is 12.2. The monoisotopic (exact) mass is 460 g/mol. The second-order valence-corrected chi connectivity index (χ2v) is 9.13. The molecular weight excluding hydrogens is 438 g/mol. The smallest absolute Gasteiger partial charge is 0.311 e. The number of hydrogen-bond acceptors (Lipinski definition) is 4. The zero-order chi connectivity index (χ0) is 19.5. The third-order valence-electron chi connectivity index (χ3n) is 4.07. The third kappa shape index (κ3) is 4.07. The Bertz CT molecular complexity index is 843. The number of nitrogens with two attached hydrogens (primary N) is 1. The van der Waals surface area contributed by atoms with E-state index < -0.39 is 15.7 Å². The zero-order valence-electron chi connectivity index (χ0n) is 14.6. The van der Waals surface area contributed by atoms with E-state index in [0.29, 0.717) is 35.4 Å². The average Bonchev–Trinajstić information content (AvgIpc) is 2.91. The Morgan fingerprint density at radius 1 is 1.42 bits per heavy atom. The second-order valence-electron chi connectivity index (χ2n) is 5.80. The molecule has 0 aromatic heterocycles. The molecule has 26 heavy (non-hydrogen) atoms. The van der Waals surface area contributed by atoms with Gasteiger partial charge in [0.2, 0.25) is 15.7 Å². The predicted molar refractivity (Wildman–Crippen MR) is 110 cm³/mol. The minimum absolute atomic E-state index is 0.0491. The maximum Gasteiger partial charge on any atom is 0.311 e. The van der Waals surface area contributed by atoms with E-state index in [0.717, 1.165) is 5.17 Å². The molecule has 1 aliphatic heterocycles. The van der Waals surface area contributed by atoms with E-state index in [1.54, 1.807) is 24.3 Å². The number of sulfonamides is 1. The fraction of sp³-hybridized carbons (Fsp3) is 0.353. The van der Waals surface area contributed by atoms with Crippen LogP contribution in [-0.4, -0.2) is 53.6 Å². The molecule has 1 unspecified atom stereocenters. The van der Waals surface area contributed by atoms with Crippen LogP contribution in [0.15, 0.2) is 52.9 Å².